The summed E-state index contributed by atoms with van der Waals surface area (Å²) in [6.45, 7) is 0.0387. The molecular formula is C18H20ClNO4S. The Labute approximate surface area is 152 Å². The highest BCUT2D eigenvalue weighted by atomic mass is 35.5. The van der Waals surface area contributed by atoms with Gasteiger partial charge in [-0.15, -0.1) is 0 Å². The minimum absolute atomic E-state index is 0.00208. The van der Waals surface area contributed by atoms with Crippen molar-refractivity contribution >= 4 is 21.4 Å². The van der Waals surface area contributed by atoms with Gasteiger partial charge < -0.3 is 9.84 Å². The summed E-state index contributed by atoms with van der Waals surface area (Å²) in [5, 5.41) is 10.8. The van der Waals surface area contributed by atoms with E-state index in [9.17, 15) is 13.5 Å². The minimum atomic E-state index is -3.57. The Kier molecular flexibility index (Phi) is 5.04. The molecule has 1 aliphatic carbocycles. The Balaban J connectivity index is 2.09. The molecular weight excluding hydrogens is 362 g/mol. The van der Waals surface area contributed by atoms with E-state index in [1.807, 2.05) is 0 Å². The molecule has 1 heterocycles. The molecule has 1 saturated carbocycles. The Morgan fingerprint density at radius 1 is 1.28 bits per heavy atom. The maximum atomic E-state index is 12.2. The monoisotopic (exact) mass is 381 g/mol. The zero-order valence-electron chi connectivity index (χ0n) is 13.9. The van der Waals surface area contributed by atoms with E-state index >= 15 is 0 Å². The number of ether oxygens (including phenoxy) is 1. The predicted molar refractivity (Wildman–Crippen MR) is 96.7 cm³/mol. The Morgan fingerprint density at radius 3 is 2.60 bits per heavy atom. The first kappa shape index (κ1) is 18.2. The molecule has 0 saturated heterocycles. The summed E-state index contributed by atoms with van der Waals surface area (Å²) in [5.74, 6) is 0.186. The first-order chi connectivity index (χ1) is 11.8. The third-order valence-electron chi connectivity index (χ3n) is 4.38. The van der Waals surface area contributed by atoms with E-state index in [2.05, 4.69) is 4.98 Å². The number of pyridine rings is 1. The van der Waals surface area contributed by atoms with Crippen LogP contribution in [0.2, 0.25) is 5.02 Å². The number of aliphatic hydroxyl groups is 1. The van der Waals surface area contributed by atoms with E-state index in [1.165, 1.54) is 6.07 Å². The van der Waals surface area contributed by atoms with Gasteiger partial charge in [-0.3, -0.25) is 4.98 Å². The fraction of sp³-hybridized carbons (Fsp3) is 0.389. The van der Waals surface area contributed by atoms with Crippen LogP contribution in [0.4, 0.5) is 0 Å². The molecule has 134 valence electrons. The molecule has 0 atom stereocenters. The summed E-state index contributed by atoms with van der Waals surface area (Å²) < 4.78 is 30.4. The first-order valence-electron chi connectivity index (χ1n) is 8.09. The molecule has 2 aromatic rings. The van der Waals surface area contributed by atoms with Crippen LogP contribution in [-0.4, -0.2) is 37.0 Å². The van der Waals surface area contributed by atoms with Gasteiger partial charge in [0.2, 0.25) is 0 Å². The summed E-state index contributed by atoms with van der Waals surface area (Å²) in [7, 11) is -3.57. The maximum absolute atomic E-state index is 12.2. The van der Waals surface area contributed by atoms with Crippen molar-refractivity contribution in [3.05, 3.63) is 41.6 Å². The van der Waals surface area contributed by atoms with Gasteiger partial charge in [0, 0.05) is 23.0 Å². The Hall–Kier alpha value is -1.63. The average molecular weight is 382 g/mol. The molecule has 5 nitrogen and oxygen atoms in total. The number of nitrogens with zero attached hydrogens (tertiary/aromatic N) is 1. The van der Waals surface area contributed by atoms with Crippen LogP contribution in [0.3, 0.4) is 0 Å². The normalized spacial score (nSPS) is 16.8. The van der Waals surface area contributed by atoms with Gasteiger partial charge in [-0.25, -0.2) is 8.42 Å². The van der Waals surface area contributed by atoms with Gasteiger partial charge in [-0.05, 0) is 37.1 Å². The molecule has 0 radical (unpaired) electrons. The number of aromatic nitrogens is 1. The van der Waals surface area contributed by atoms with Gasteiger partial charge in [0.15, 0.2) is 9.84 Å². The number of rotatable bonds is 5. The van der Waals surface area contributed by atoms with Crippen molar-refractivity contribution < 1.29 is 18.3 Å². The SMILES string of the molecule is CS(=O)(=O)c1cc(Cl)cc(-c2ccccn2)c1OCC1(O)CCCC1. The molecule has 7 heteroatoms. The van der Waals surface area contributed by atoms with Crippen molar-refractivity contribution in [3.8, 4) is 17.0 Å². The Morgan fingerprint density at radius 2 is 2.00 bits per heavy atom. The van der Waals surface area contributed by atoms with Crippen molar-refractivity contribution in [1.29, 1.82) is 0 Å². The second-order valence-corrected chi connectivity index (χ2v) is 8.91. The van der Waals surface area contributed by atoms with Crippen molar-refractivity contribution in [3.63, 3.8) is 0 Å². The number of sulfone groups is 1. The fourth-order valence-corrected chi connectivity index (χ4v) is 4.22. The van der Waals surface area contributed by atoms with E-state index in [0.29, 0.717) is 24.1 Å². The van der Waals surface area contributed by atoms with Crippen molar-refractivity contribution in [2.45, 2.75) is 36.2 Å². The van der Waals surface area contributed by atoms with Gasteiger partial charge in [-0.2, -0.15) is 0 Å². The highest BCUT2D eigenvalue weighted by molar-refractivity contribution is 7.90. The summed E-state index contributed by atoms with van der Waals surface area (Å²) >= 11 is 6.14. The van der Waals surface area contributed by atoms with E-state index in [4.69, 9.17) is 16.3 Å². The van der Waals surface area contributed by atoms with Gasteiger partial charge in [-0.1, -0.05) is 30.5 Å². The third-order valence-corrected chi connectivity index (χ3v) is 5.70. The highest BCUT2D eigenvalue weighted by Crippen LogP contribution is 2.39. The summed E-state index contributed by atoms with van der Waals surface area (Å²) in [4.78, 5) is 4.28. The number of halogens is 1. The van der Waals surface area contributed by atoms with E-state index in [1.54, 1.807) is 30.5 Å². The van der Waals surface area contributed by atoms with Crippen LogP contribution in [0.15, 0.2) is 41.4 Å². The second-order valence-electron chi connectivity index (χ2n) is 6.49. The molecule has 1 aliphatic rings. The molecule has 0 amide bonds. The minimum Gasteiger partial charge on any atom is -0.489 e. The zero-order chi connectivity index (χ0) is 18.1. The van der Waals surface area contributed by atoms with Gasteiger partial charge in [0.1, 0.15) is 17.3 Å². The predicted octanol–water partition coefficient (Wildman–Crippen LogP) is 3.49. The molecule has 3 rings (SSSR count). The molecule has 1 fully saturated rings. The van der Waals surface area contributed by atoms with Gasteiger partial charge in [0.25, 0.3) is 0 Å². The van der Waals surface area contributed by atoms with Crippen LogP contribution < -0.4 is 4.74 Å². The van der Waals surface area contributed by atoms with Crippen molar-refractivity contribution in [1.82, 2.24) is 4.98 Å². The number of hydrogen-bond donors (Lipinski definition) is 1. The van der Waals surface area contributed by atoms with Gasteiger partial charge >= 0.3 is 0 Å². The lowest BCUT2D eigenvalue weighted by molar-refractivity contribution is 0.000707. The number of hydrogen-bond acceptors (Lipinski definition) is 5. The molecule has 1 N–H and O–H groups in total. The lowest BCUT2D eigenvalue weighted by Crippen LogP contribution is -2.32. The summed E-state index contributed by atoms with van der Waals surface area (Å²) in [6.07, 6.45) is 5.89. The molecule has 0 unspecified atom stereocenters. The highest BCUT2D eigenvalue weighted by Gasteiger charge is 2.33. The van der Waals surface area contributed by atoms with Crippen molar-refractivity contribution in [2.75, 3.05) is 12.9 Å². The third kappa shape index (κ3) is 4.14. The molecule has 1 aromatic carbocycles. The standard InChI is InChI=1S/C18H20ClNO4S/c1-25(22,23)16-11-13(19)10-14(15-6-2-5-9-20-15)17(16)24-12-18(21)7-3-4-8-18/h2,5-6,9-11,21H,3-4,7-8,12H2,1H3. The van der Waals surface area contributed by atoms with Crippen LogP contribution >= 0.6 is 11.6 Å². The zero-order valence-corrected chi connectivity index (χ0v) is 15.5. The first-order valence-corrected chi connectivity index (χ1v) is 10.4. The van der Waals surface area contributed by atoms with Crippen LogP contribution in [0.1, 0.15) is 25.7 Å². The smallest absolute Gasteiger partial charge is 0.179 e. The maximum Gasteiger partial charge on any atom is 0.179 e. The molecule has 1 aromatic heterocycles. The Bertz CT molecular complexity index is 862. The van der Waals surface area contributed by atoms with Crippen LogP contribution in [0.5, 0.6) is 5.75 Å². The van der Waals surface area contributed by atoms with Crippen LogP contribution in [-0.2, 0) is 9.84 Å². The van der Waals surface area contributed by atoms with E-state index < -0.39 is 15.4 Å². The lowest BCUT2D eigenvalue weighted by atomic mass is 10.0. The molecule has 0 spiro atoms. The largest absolute Gasteiger partial charge is 0.489 e. The van der Waals surface area contributed by atoms with E-state index in [-0.39, 0.29) is 22.3 Å². The topological polar surface area (TPSA) is 76.5 Å². The fourth-order valence-electron chi connectivity index (χ4n) is 3.09. The van der Waals surface area contributed by atoms with Gasteiger partial charge in [0.05, 0.1) is 11.3 Å². The van der Waals surface area contributed by atoms with Crippen LogP contribution in [0.25, 0.3) is 11.3 Å². The second kappa shape index (κ2) is 6.94. The molecule has 0 aliphatic heterocycles. The summed E-state index contributed by atoms with van der Waals surface area (Å²) in [6, 6.07) is 8.34. The van der Waals surface area contributed by atoms with E-state index in [0.717, 1.165) is 19.1 Å². The van der Waals surface area contributed by atoms with Crippen molar-refractivity contribution in [2.24, 2.45) is 0 Å². The quantitative estimate of drug-likeness (QED) is 0.857. The average Bonchev–Trinajstić information content (AvgIpc) is 3.00. The molecule has 25 heavy (non-hydrogen) atoms. The molecule has 0 bridgehead atoms. The lowest BCUT2D eigenvalue weighted by Gasteiger charge is -2.24. The summed E-state index contributed by atoms with van der Waals surface area (Å²) in [5.41, 5.74) is 0.133. The van der Waals surface area contributed by atoms with Crippen LogP contribution in [0, 0.1) is 0 Å². The number of benzene rings is 1.